The van der Waals surface area contributed by atoms with E-state index in [9.17, 15) is 10.1 Å². The van der Waals surface area contributed by atoms with E-state index in [0.29, 0.717) is 36.3 Å². The van der Waals surface area contributed by atoms with E-state index in [4.69, 9.17) is 0 Å². The summed E-state index contributed by atoms with van der Waals surface area (Å²) in [4.78, 5) is 30.1. The van der Waals surface area contributed by atoms with Crippen LogP contribution in [0.25, 0.3) is 0 Å². The van der Waals surface area contributed by atoms with Crippen LogP contribution in [0.3, 0.4) is 0 Å². The fourth-order valence-electron chi connectivity index (χ4n) is 5.20. The van der Waals surface area contributed by atoms with Crippen molar-refractivity contribution in [3.05, 3.63) is 35.5 Å². The molecule has 2 aliphatic heterocycles. The number of anilines is 4. The SMILES string of the molecule is CN1CCN(c2ccc(Nc3ncc(C#N)c(NCCCN4CCCCN(C)C4=O)n3)c(C3CC3)c2)CC1. The molecule has 3 aliphatic rings. The van der Waals surface area contributed by atoms with E-state index in [0.717, 1.165) is 64.2 Å². The van der Waals surface area contributed by atoms with Crippen LogP contribution >= 0.6 is 0 Å². The molecule has 0 bridgehead atoms. The molecule has 2 aromatic rings. The number of hydrogen-bond donors (Lipinski definition) is 2. The van der Waals surface area contributed by atoms with E-state index < -0.39 is 0 Å². The number of piperazine rings is 1. The largest absolute Gasteiger partial charge is 0.369 e. The molecule has 202 valence electrons. The van der Waals surface area contributed by atoms with Crippen molar-refractivity contribution in [1.29, 1.82) is 5.26 Å². The number of aromatic nitrogens is 2. The summed E-state index contributed by atoms with van der Waals surface area (Å²) in [6, 6.07) is 8.94. The Kier molecular flexibility index (Phi) is 8.13. The maximum atomic E-state index is 12.5. The number of carbonyl (C=O) groups is 1. The molecule has 1 aliphatic carbocycles. The first kappa shape index (κ1) is 26.0. The third kappa shape index (κ3) is 6.27. The predicted octanol–water partition coefficient (Wildman–Crippen LogP) is 3.67. The summed E-state index contributed by atoms with van der Waals surface area (Å²) in [6.45, 7) is 7.16. The molecule has 10 heteroatoms. The molecule has 5 rings (SSSR count). The fraction of sp³-hybridized carbons (Fsp3) is 0.571. The smallest absolute Gasteiger partial charge is 0.319 e. The highest BCUT2D eigenvalue weighted by molar-refractivity contribution is 5.74. The molecule has 3 fully saturated rings. The minimum absolute atomic E-state index is 0.0962. The van der Waals surface area contributed by atoms with Gasteiger partial charge in [-0.3, -0.25) is 0 Å². The Morgan fingerprint density at radius 1 is 1.08 bits per heavy atom. The number of hydrogen-bond acceptors (Lipinski definition) is 8. The lowest BCUT2D eigenvalue weighted by atomic mass is 10.1. The molecule has 2 saturated heterocycles. The molecular formula is C28H39N9O. The summed E-state index contributed by atoms with van der Waals surface area (Å²) in [6.07, 6.45) is 6.83. The first-order chi connectivity index (χ1) is 18.5. The second kappa shape index (κ2) is 11.9. The minimum Gasteiger partial charge on any atom is -0.369 e. The number of likely N-dealkylation sites (N-methyl/N-ethyl adjacent to an activating group) is 1. The predicted molar refractivity (Wildman–Crippen MR) is 150 cm³/mol. The minimum atomic E-state index is 0.0962. The average molecular weight is 518 g/mol. The van der Waals surface area contributed by atoms with Crippen molar-refractivity contribution in [1.82, 2.24) is 24.7 Å². The fourth-order valence-corrected chi connectivity index (χ4v) is 5.20. The summed E-state index contributed by atoms with van der Waals surface area (Å²) in [5.74, 6) is 1.57. The average Bonchev–Trinajstić information content (AvgIpc) is 3.79. The number of rotatable bonds is 9. The first-order valence-corrected chi connectivity index (χ1v) is 13.9. The number of amides is 2. The Morgan fingerprint density at radius 2 is 1.87 bits per heavy atom. The maximum absolute atomic E-state index is 12.5. The van der Waals surface area contributed by atoms with Crippen LogP contribution in [-0.2, 0) is 0 Å². The summed E-state index contributed by atoms with van der Waals surface area (Å²) in [5, 5.41) is 16.3. The number of carbonyl (C=O) groups excluding carboxylic acids is 1. The van der Waals surface area contributed by atoms with Gasteiger partial charge in [-0.1, -0.05) is 0 Å². The third-order valence-corrected chi connectivity index (χ3v) is 7.74. The zero-order valence-electron chi connectivity index (χ0n) is 22.6. The Hall–Kier alpha value is -3.58. The summed E-state index contributed by atoms with van der Waals surface area (Å²) in [7, 11) is 4.04. The number of nitrogens with zero attached hydrogens (tertiary/aromatic N) is 7. The van der Waals surface area contributed by atoms with Crippen molar-refractivity contribution >= 4 is 29.2 Å². The molecule has 0 radical (unpaired) electrons. The van der Waals surface area contributed by atoms with Gasteiger partial charge in [-0.05, 0) is 68.8 Å². The van der Waals surface area contributed by atoms with E-state index in [2.05, 4.69) is 61.7 Å². The van der Waals surface area contributed by atoms with E-state index >= 15 is 0 Å². The van der Waals surface area contributed by atoms with Crippen LogP contribution in [0, 0.1) is 11.3 Å². The van der Waals surface area contributed by atoms with E-state index in [-0.39, 0.29) is 6.03 Å². The lowest BCUT2D eigenvalue weighted by molar-refractivity contribution is 0.172. The van der Waals surface area contributed by atoms with Gasteiger partial charge in [0.15, 0.2) is 0 Å². The normalized spacial score (nSPS) is 18.8. The van der Waals surface area contributed by atoms with Crippen molar-refractivity contribution < 1.29 is 4.79 Å². The number of nitrogens with one attached hydrogen (secondary N) is 2. The lowest BCUT2D eigenvalue weighted by Gasteiger charge is -2.34. The maximum Gasteiger partial charge on any atom is 0.319 e. The summed E-state index contributed by atoms with van der Waals surface area (Å²) in [5.41, 5.74) is 4.04. The second-order valence-electron chi connectivity index (χ2n) is 10.7. The molecule has 0 unspecified atom stereocenters. The standard InChI is InChI=1S/C28H39N9O/c1-34-14-16-36(17-15-34)23-8-9-25(24(18-23)21-6-7-21)32-27-31-20-22(19-29)26(33-27)30-10-5-13-37-12-4-3-11-35(2)28(37)38/h8-9,18,20-21H,3-7,10-17H2,1-2H3,(H2,30,31,32,33). The molecule has 2 N–H and O–H groups in total. The van der Waals surface area contributed by atoms with Crippen molar-refractivity contribution in [3.63, 3.8) is 0 Å². The Labute approximate surface area is 225 Å². The van der Waals surface area contributed by atoms with Gasteiger partial charge in [0.2, 0.25) is 5.95 Å². The molecule has 3 heterocycles. The first-order valence-electron chi connectivity index (χ1n) is 13.9. The quantitative estimate of drug-likeness (QED) is 0.486. The summed E-state index contributed by atoms with van der Waals surface area (Å²) >= 11 is 0. The van der Waals surface area contributed by atoms with Crippen LogP contribution in [0.15, 0.2) is 24.4 Å². The molecule has 0 atom stereocenters. The number of nitriles is 1. The topological polar surface area (TPSA) is 104 Å². The molecule has 0 spiro atoms. The van der Waals surface area contributed by atoms with Crippen molar-refractivity contribution in [3.8, 4) is 6.07 Å². The number of benzene rings is 1. The highest BCUT2D eigenvalue weighted by Gasteiger charge is 2.28. The van der Waals surface area contributed by atoms with Gasteiger partial charge in [0.1, 0.15) is 17.5 Å². The van der Waals surface area contributed by atoms with E-state index in [1.807, 2.05) is 11.9 Å². The lowest BCUT2D eigenvalue weighted by Crippen LogP contribution is -2.44. The van der Waals surface area contributed by atoms with Gasteiger partial charge in [-0.25, -0.2) is 9.78 Å². The van der Waals surface area contributed by atoms with Crippen LogP contribution < -0.4 is 15.5 Å². The van der Waals surface area contributed by atoms with Gasteiger partial charge >= 0.3 is 6.03 Å². The van der Waals surface area contributed by atoms with Crippen molar-refractivity contribution in [2.75, 3.05) is 82.0 Å². The Morgan fingerprint density at radius 3 is 2.63 bits per heavy atom. The van der Waals surface area contributed by atoms with Gasteiger partial charge in [-0.2, -0.15) is 10.2 Å². The van der Waals surface area contributed by atoms with Crippen LogP contribution in [0.5, 0.6) is 0 Å². The van der Waals surface area contributed by atoms with Crippen molar-refractivity contribution in [2.45, 2.75) is 38.0 Å². The molecule has 1 aromatic heterocycles. The van der Waals surface area contributed by atoms with Crippen LogP contribution in [-0.4, -0.2) is 97.2 Å². The molecule has 1 aromatic carbocycles. The molecule has 1 saturated carbocycles. The molecular weight excluding hydrogens is 478 g/mol. The van der Waals surface area contributed by atoms with Gasteiger partial charge in [0.05, 0.1) is 6.20 Å². The van der Waals surface area contributed by atoms with Crippen LogP contribution in [0.2, 0.25) is 0 Å². The Balaban J connectivity index is 1.23. The molecule has 38 heavy (non-hydrogen) atoms. The van der Waals surface area contributed by atoms with Gasteiger partial charge in [0, 0.05) is 70.8 Å². The van der Waals surface area contributed by atoms with Crippen LogP contribution in [0.1, 0.15) is 49.1 Å². The van der Waals surface area contributed by atoms with E-state index in [1.165, 1.54) is 24.1 Å². The monoisotopic (exact) mass is 517 g/mol. The van der Waals surface area contributed by atoms with Gasteiger partial charge in [-0.15, -0.1) is 0 Å². The van der Waals surface area contributed by atoms with Crippen molar-refractivity contribution in [2.24, 2.45) is 0 Å². The zero-order valence-corrected chi connectivity index (χ0v) is 22.6. The Bertz CT molecular complexity index is 1170. The molecule has 10 nitrogen and oxygen atoms in total. The highest BCUT2D eigenvalue weighted by atomic mass is 16.2. The second-order valence-corrected chi connectivity index (χ2v) is 10.7. The zero-order chi connectivity index (χ0) is 26.5. The number of urea groups is 1. The molecule has 2 amide bonds. The van der Waals surface area contributed by atoms with Crippen LogP contribution in [0.4, 0.5) is 27.9 Å². The van der Waals surface area contributed by atoms with Gasteiger partial charge < -0.3 is 30.2 Å². The van der Waals surface area contributed by atoms with E-state index in [1.54, 1.807) is 11.1 Å². The third-order valence-electron chi connectivity index (χ3n) is 7.74. The summed E-state index contributed by atoms with van der Waals surface area (Å²) < 4.78 is 0. The highest BCUT2D eigenvalue weighted by Crippen LogP contribution is 2.45. The van der Waals surface area contributed by atoms with Gasteiger partial charge in [0.25, 0.3) is 0 Å².